The summed E-state index contributed by atoms with van der Waals surface area (Å²) >= 11 is 0. The smallest absolute Gasteiger partial charge is 0.0340 e. The highest BCUT2D eigenvalue weighted by Crippen LogP contribution is 2.09. The van der Waals surface area contributed by atoms with E-state index in [1.807, 2.05) is 6.08 Å². The van der Waals surface area contributed by atoms with Gasteiger partial charge in [0.25, 0.3) is 0 Å². The van der Waals surface area contributed by atoms with E-state index in [-0.39, 0.29) is 0 Å². The first-order chi connectivity index (χ1) is 7.33. The first-order valence-corrected chi connectivity index (χ1v) is 5.74. The summed E-state index contributed by atoms with van der Waals surface area (Å²) in [7, 11) is 0. The molecule has 1 aromatic rings. The lowest BCUT2D eigenvalue weighted by Crippen LogP contribution is -2.00. The van der Waals surface area contributed by atoms with Gasteiger partial charge in [0.15, 0.2) is 0 Å². The molecule has 1 aromatic carbocycles. The summed E-state index contributed by atoms with van der Waals surface area (Å²) < 4.78 is 0. The van der Waals surface area contributed by atoms with Gasteiger partial charge in [-0.2, -0.15) is 0 Å². The lowest BCUT2D eigenvalue weighted by Gasteiger charge is -2.05. The second-order valence-electron chi connectivity index (χ2n) is 3.93. The molecule has 0 unspecified atom stereocenters. The van der Waals surface area contributed by atoms with Gasteiger partial charge in [-0.3, -0.25) is 0 Å². The lowest BCUT2D eigenvalue weighted by atomic mass is 10.2. The minimum atomic E-state index is 1.07. The number of hydrogen-bond donors (Lipinski definition) is 1. The molecule has 1 N–H and O–H groups in total. The van der Waals surface area contributed by atoms with Gasteiger partial charge < -0.3 is 5.32 Å². The summed E-state index contributed by atoms with van der Waals surface area (Å²) in [5.41, 5.74) is 2.54. The van der Waals surface area contributed by atoms with E-state index in [0.29, 0.717) is 0 Å². The van der Waals surface area contributed by atoms with E-state index < -0.39 is 0 Å². The van der Waals surface area contributed by atoms with Crippen molar-refractivity contribution in [3.63, 3.8) is 0 Å². The number of unbranched alkanes of at least 4 members (excludes halogenated alkanes) is 3. The number of anilines is 1. The molecule has 0 aliphatic carbocycles. The average molecular weight is 203 g/mol. The molecule has 1 rings (SSSR count). The van der Waals surface area contributed by atoms with Crippen LogP contribution < -0.4 is 5.32 Å². The molecule has 0 amide bonds. The van der Waals surface area contributed by atoms with Crippen LogP contribution >= 0.6 is 0 Å². The molecule has 0 atom stereocenters. The Morgan fingerprint density at radius 3 is 2.53 bits per heavy atom. The highest BCUT2D eigenvalue weighted by atomic mass is 14.9. The van der Waals surface area contributed by atoms with Gasteiger partial charge in [0.05, 0.1) is 0 Å². The number of allylic oxidation sites excluding steroid dienone is 1. The fraction of sp³-hybridized carbons (Fsp3) is 0.429. The predicted molar refractivity (Wildman–Crippen MR) is 68.3 cm³/mol. The zero-order valence-corrected chi connectivity index (χ0v) is 9.63. The van der Waals surface area contributed by atoms with E-state index in [9.17, 15) is 0 Å². The van der Waals surface area contributed by atoms with Gasteiger partial charge in [0.2, 0.25) is 0 Å². The van der Waals surface area contributed by atoms with Crippen molar-refractivity contribution in [3.8, 4) is 0 Å². The summed E-state index contributed by atoms with van der Waals surface area (Å²) in [5.74, 6) is 0. The monoisotopic (exact) mass is 203 g/mol. The largest absolute Gasteiger partial charge is 0.385 e. The van der Waals surface area contributed by atoms with Gasteiger partial charge in [-0.05, 0) is 38.3 Å². The average Bonchev–Trinajstić information content (AvgIpc) is 2.26. The van der Waals surface area contributed by atoms with Crippen LogP contribution in [0.2, 0.25) is 0 Å². The summed E-state index contributed by atoms with van der Waals surface area (Å²) in [4.78, 5) is 0. The zero-order valence-electron chi connectivity index (χ0n) is 9.63. The Kier molecular flexibility index (Phi) is 5.60. The fourth-order valence-corrected chi connectivity index (χ4v) is 1.49. The maximum absolute atomic E-state index is 3.72. The quantitative estimate of drug-likeness (QED) is 0.518. The van der Waals surface area contributed by atoms with Crippen molar-refractivity contribution >= 4 is 5.69 Å². The lowest BCUT2D eigenvalue weighted by molar-refractivity contribution is 0.709. The van der Waals surface area contributed by atoms with Gasteiger partial charge in [-0.15, -0.1) is 6.58 Å². The third kappa shape index (κ3) is 5.26. The highest BCUT2D eigenvalue weighted by molar-refractivity contribution is 5.44. The fourth-order valence-electron chi connectivity index (χ4n) is 1.49. The molecule has 0 saturated carbocycles. The van der Waals surface area contributed by atoms with Gasteiger partial charge in [0, 0.05) is 12.2 Å². The predicted octanol–water partition coefficient (Wildman–Crippen LogP) is 4.15. The molecular weight excluding hydrogens is 182 g/mol. The van der Waals surface area contributed by atoms with E-state index in [2.05, 4.69) is 43.1 Å². The first-order valence-electron chi connectivity index (χ1n) is 5.74. The Balaban J connectivity index is 2.09. The van der Waals surface area contributed by atoms with Crippen LogP contribution in [0.25, 0.3) is 0 Å². The second-order valence-corrected chi connectivity index (χ2v) is 3.93. The Morgan fingerprint density at radius 2 is 1.87 bits per heavy atom. The van der Waals surface area contributed by atoms with Crippen molar-refractivity contribution in [2.24, 2.45) is 0 Å². The van der Waals surface area contributed by atoms with Crippen molar-refractivity contribution in [2.45, 2.75) is 32.6 Å². The SMILES string of the molecule is C=CCCCCCNc1ccc(C)cc1. The van der Waals surface area contributed by atoms with Gasteiger partial charge in [-0.25, -0.2) is 0 Å². The molecule has 0 aliphatic rings. The normalized spacial score (nSPS) is 9.93. The van der Waals surface area contributed by atoms with Gasteiger partial charge in [0.1, 0.15) is 0 Å². The number of aryl methyl sites for hydroxylation is 1. The Hall–Kier alpha value is -1.24. The summed E-state index contributed by atoms with van der Waals surface area (Å²) in [6.07, 6.45) is 6.92. The van der Waals surface area contributed by atoms with E-state index in [1.165, 1.54) is 30.5 Å². The van der Waals surface area contributed by atoms with Gasteiger partial charge >= 0.3 is 0 Å². The van der Waals surface area contributed by atoms with Crippen molar-refractivity contribution in [2.75, 3.05) is 11.9 Å². The molecule has 82 valence electrons. The van der Waals surface area contributed by atoms with Crippen molar-refractivity contribution in [3.05, 3.63) is 42.5 Å². The van der Waals surface area contributed by atoms with Crippen molar-refractivity contribution in [1.29, 1.82) is 0 Å². The minimum Gasteiger partial charge on any atom is -0.385 e. The van der Waals surface area contributed by atoms with Gasteiger partial charge in [-0.1, -0.05) is 30.2 Å². The molecule has 0 aliphatic heterocycles. The standard InChI is InChI=1S/C14H21N/c1-3-4-5-6-7-12-15-14-10-8-13(2)9-11-14/h3,8-11,15H,1,4-7,12H2,2H3. The number of hydrogen-bond acceptors (Lipinski definition) is 1. The van der Waals surface area contributed by atoms with Crippen molar-refractivity contribution < 1.29 is 0 Å². The summed E-state index contributed by atoms with van der Waals surface area (Å²) in [6, 6.07) is 8.55. The Morgan fingerprint density at radius 1 is 1.13 bits per heavy atom. The second kappa shape index (κ2) is 7.10. The minimum absolute atomic E-state index is 1.07. The van der Waals surface area contributed by atoms with E-state index in [4.69, 9.17) is 0 Å². The Bertz CT molecular complexity index is 274. The van der Waals surface area contributed by atoms with Crippen LogP contribution in [-0.4, -0.2) is 6.54 Å². The molecule has 0 radical (unpaired) electrons. The Labute approximate surface area is 93.2 Å². The molecule has 1 heteroatoms. The van der Waals surface area contributed by atoms with E-state index >= 15 is 0 Å². The van der Waals surface area contributed by atoms with Crippen LogP contribution in [-0.2, 0) is 0 Å². The van der Waals surface area contributed by atoms with Crippen LogP contribution in [0, 0.1) is 6.92 Å². The van der Waals surface area contributed by atoms with E-state index in [1.54, 1.807) is 0 Å². The van der Waals surface area contributed by atoms with Crippen molar-refractivity contribution in [1.82, 2.24) is 0 Å². The molecule has 0 saturated heterocycles. The highest BCUT2D eigenvalue weighted by Gasteiger charge is 1.91. The molecule has 0 bridgehead atoms. The first kappa shape index (κ1) is 11.8. The van der Waals surface area contributed by atoms with Crippen LogP contribution in [0.1, 0.15) is 31.2 Å². The maximum atomic E-state index is 3.72. The third-order valence-corrected chi connectivity index (χ3v) is 2.47. The summed E-state index contributed by atoms with van der Waals surface area (Å²) in [5, 5.41) is 3.42. The summed E-state index contributed by atoms with van der Waals surface area (Å²) in [6.45, 7) is 6.90. The molecule has 0 aromatic heterocycles. The molecule has 1 nitrogen and oxygen atoms in total. The maximum Gasteiger partial charge on any atom is 0.0340 e. The molecular formula is C14H21N. The van der Waals surface area contributed by atoms with Crippen LogP contribution in [0.5, 0.6) is 0 Å². The number of benzene rings is 1. The molecule has 0 spiro atoms. The zero-order chi connectivity index (χ0) is 10.9. The molecule has 0 heterocycles. The number of rotatable bonds is 7. The number of nitrogens with one attached hydrogen (secondary N) is 1. The van der Waals surface area contributed by atoms with Crippen LogP contribution in [0.15, 0.2) is 36.9 Å². The van der Waals surface area contributed by atoms with Crippen LogP contribution in [0.3, 0.4) is 0 Å². The molecule has 0 fully saturated rings. The van der Waals surface area contributed by atoms with Crippen LogP contribution in [0.4, 0.5) is 5.69 Å². The third-order valence-electron chi connectivity index (χ3n) is 2.47. The van der Waals surface area contributed by atoms with E-state index in [0.717, 1.165) is 13.0 Å². The topological polar surface area (TPSA) is 12.0 Å². The molecule has 15 heavy (non-hydrogen) atoms.